The van der Waals surface area contributed by atoms with Gasteiger partial charge in [0.1, 0.15) is 0 Å². The van der Waals surface area contributed by atoms with E-state index in [0.29, 0.717) is 5.69 Å². The molecule has 0 spiro atoms. The molecule has 0 bridgehead atoms. The molecule has 21 heavy (non-hydrogen) atoms. The molecule has 0 fully saturated rings. The summed E-state index contributed by atoms with van der Waals surface area (Å²) >= 11 is 0. The van der Waals surface area contributed by atoms with Crippen LogP contribution in [-0.2, 0) is 4.79 Å². The second-order valence-corrected chi connectivity index (χ2v) is 4.45. The zero-order chi connectivity index (χ0) is 15.4. The maximum absolute atomic E-state index is 13.9. The Balaban J connectivity index is 2.44. The Hall–Kier alpha value is -2.69. The third kappa shape index (κ3) is 3.45. The maximum Gasteiger partial charge on any atom is 0.221 e. The fourth-order valence-corrected chi connectivity index (χ4v) is 1.85. The molecule has 0 saturated carbocycles. The number of carbonyl (C=O) groups is 2. The first-order valence-corrected chi connectivity index (χ1v) is 6.33. The fraction of sp³-hybridized carbons (Fsp3) is 0.125. The predicted octanol–water partition coefficient (Wildman–Crippen LogP) is 3.78. The molecule has 1 N–H and O–H groups in total. The van der Waals surface area contributed by atoms with Gasteiger partial charge in [0.25, 0.3) is 0 Å². The predicted molar refractivity (Wildman–Crippen MR) is 77.2 cm³/mol. The molecule has 0 heterocycles. The molecule has 0 aliphatic carbocycles. The Morgan fingerprint density at radius 2 is 1.76 bits per heavy atom. The lowest BCUT2D eigenvalue weighted by atomic mass is 10.1. The van der Waals surface area contributed by atoms with Gasteiger partial charge in [0.05, 0.1) is 11.3 Å². The van der Waals surface area contributed by atoms with Gasteiger partial charge in [0.15, 0.2) is 23.1 Å². The van der Waals surface area contributed by atoms with E-state index in [1.807, 2.05) is 0 Å². The SMILES string of the molecule is CC(=O)Nc1ccccc1Oc1c(F)cccc1C(C)=O. The number of hydrogen-bond acceptors (Lipinski definition) is 3. The lowest BCUT2D eigenvalue weighted by Gasteiger charge is -2.13. The first-order chi connectivity index (χ1) is 9.99. The van der Waals surface area contributed by atoms with Crippen molar-refractivity contribution >= 4 is 17.4 Å². The molecule has 0 atom stereocenters. The summed E-state index contributed by atoms with van der Waals surface area (Å²) in [4.78, 5) is 22.7. The molecule has 2 aromatic carbocycles. The highest BCUT2D eigenvalue weighted by Crippen LogP contribution is 2.33. The minimum absolute atomic E-state index is 0.146. The molecular formula is C16H14FNO3. The molecule has 4 nitrogen and oxygen atoms in total. The molecule has 0 unspecified atom stereocenters. The number of anilines is 1. The average molecular weight is 287 g/mol. The van der Waals surface area contributed by atoms with Crippen LogP contribution >= 0.6 is 0 Å². The van der Waals surface area contributed by atoms with Gasteiger partial charge in [-0.3, -0.25) is 9.59 Å². The van der Waals surface area contributed by atoms with Crippen LogP contribution in [0.25, 0.3) is 0 Å². The monoisotopic (exact) mass is 287 g/mol. The van der Waals surface area contributed by atoms with Crippen molar-refractivity contribution in [2.24, 2.45) is 0 Å². The second kappa shape index (κ2) is 6.17. The highest BCUT2D eigenvalue weighted by Gasteiger charge is 2.16. The van der Waals surface area contributed by atoms with Gasteiger partial charge in [0, 0.05) is 6.92 Å². The Kier molecular flexibility index (Phi) is 4.33. The van der Waals surface area contributed by atoms with Gasteiger partial charge in [-0.05, 0) is 31.2 Å². The van der Waals surface area contributed by atoms with E-state index in [9.17, 15) is 14.0 Å². The molecule has 108 valence electrons. The van der Waals surface area contributed by atoms with Crippen molar-refractivity contribution in [3.8, 4) is 11.5 Å². The number of para-hydroxylation sites is 3. The zero-order valence-electron chi connectivity index (χ0n) is 11.6. The van der Waals surface area contributed by atoms with Crippen LogP contribution in [0.1, 0.15) is 24.2 Å². The summed E-state index contributed by atoms with van der Waals surface area (Å²) in [5, 5.41) is 2.59. The molecule has 0 radical (unpaired) electrons. The largest absolute Gasteiger partial charge is 0.451 e. The van der Waals surface area contributed by atoms with Crippen LogP contribution in [0.2, 0.25) is 0 Å². The smallest absolute Gasteiger partial charge is 0.221 e. The number of benzene rings is 2. The maximum atomic E-state index is 13.9. The summed E-state index contributed by atoms with van der Waals surface area (Å²) in [6.07, 6.45) is 0. The number of ether oxygens (including phenoxy) is 1. The third-order valence-electron chi connectivity index (χ3n) is 2.76. The van der Waals surface area contributed by atoms with Gasteiger partial charge < -0.3 is 10.1 Å². The summed E-state index contributed by atoms with van der Waals surface area (Å²) in [6, 6.07) is 10.8. The van der Waals surface area contributed by atoms with E-state index in [0.717, 1.165) is 0 Å². The van der Waals surface area contributed by atoms with Crippen molar-refractivity contribution in [2.45, 2.75) is 13.8 Å². The number of carbonyl (C=O) groups excluding carboxylic acids is 2. The second-order valence-electron chi connectivity index (χ2n) is 4.45. The number of nitrogens with one attached hydrogen (secondary N) is 1. The molecule has 5 heteroatoms. The zero-order valence-corrected chi connectivity index (χ0v) is 11.6. The van der Waals surface area contributed by atoms with Crippen molar-refractivity contribution in [1.82, 2.24) is 0 Å². The third-order valence-corrected chi connectivity index (χ3v) is 2.76. The first-order valence-electron chi connectivity index (χ1n) is 6.33. The molecule has 1 amide bonds. The minimum Gasteiger partial charge on any atom is -0.451 e. The van der Waals surface area contributed by atoms with E-state index in [-0.39, 0.29) is 28.8 Å². The molecule has 0 aromatic heterocycles. The topological polar surface area (TPSA) is 55.4 Å². The van der Waals surface area contributed by atoms with Crippen LogP contribution < -0.4 is 10.1 Å². The van der Waals surface area contributed by atoms with Crippen molar-refractivity contribution in [3.63, 3.8) is 0 Å². The van der Waals surface area contributed by atoms with Crippen LogP contribution in [-0.4, -0.2) is 11.7 Å². The van der Waals surface area contributed by atoms with Crippen LogP contribution in [0.4, 0.5) is 10.1 Å². The molecular weight excluding hydrogens is 273 g/mol. The van der Waals surface area contributed by atoms with E-state index >= 15 is 0 Å². The van der Waals surface area contributed by atoms with Gasteiger partial charge in [-0.25, -0.2) is 4.39 Å². The van der Waals surface area contributed by atoms with E-state index in [1.165, 1.54) is 32.0 Å². The molecule has 0 aliphatic rings. The van der Waals surface area contributed by atoms with E-state index < -0.39 is 5.82 Å². The minimum atomic E-state index is -0.639. The number of amides is 1. The lowest BCUT2D eigenvalue weighted by Crippen LogP contribution is -2.07. The number of hydrogen-bond donors (Lipinski definition) is 1. The van der Waals surface area contributed by atoms with Gasteiger partial charge >= 0.3 is 0 Å². The normalized spacial score (nSPS) is 10.0. The van der Waals surface area contributed by atoms with Crippen LogP contribution in [0.15, 0.2) is 42.5 Å². The standard InChI is InChI=1S/C16H14FNO3/c1-10(19)12-6-5-7-13(17)16(12)21-15-9-4-3-8-14(15)18-11(2)20/h3-9H,1-2H3,(H,18,20). The Labute approximate surface area is 121 Å². The van der Waals surface area contributed by atoms with E-state index in [1.54, 1.807) is 24.3 Å². The molecule has 2 rings (SSSR count). The summed E-state index contributed by atoms with van der Waals surface area (Å²) in [7, 11) is 0. The number of halogens is 1. The van der Waals surface area contributed by atoms with Gasteiger partial charge in [-0.1, -0.05) is 18.2 Å². The summed E-state index contributed by atoms with van der Waals surface area (Å²) in [6.45, 7) is 2.70. The highest BCUT2D eigenvalue weighted by atomic mass is 19.1. The average Bonchev–Trinajstić information content (AvgIpc) is 2.42. The van der Waals surface area contributed by atoms with Crippen molar-refractivity contribution in [1.29, 1.82) is 0 Å². The number of Topliss-reactive ketones (excluding diaryl/α,β-unsaturated/α-hetero) is 1. The van der Waals surface area contributed by atoms with Crippen molar-refractivity contribution in [3.05, 3.63) is 53.8 Å². The Bertz CT molecular complexity index is 698. The number of ketones is 1. The van der Waals surface area contributed by atoms with Crippen molar-refractivity contribution < 1.29 is 18.7 Å². The van der Waals surface area contributed by atoms with Gasteiger partial charge in [-0.2, -0.15) is 0 Å². The van der Waals surface area contributed by atoms with Gasteiger partial charge in [-0.15, -0.1) is 0 Å². The van der Waals surface area contributed by atoms with E-state index in [4.69, 9.17) is 4.74 Å². The first kappa shape index (κ1) is 14.7. The van der Waals surface area contributed by atoms with Crippen LogP contribution in [0, 0.1) is 5.82 Å². The highest BCUT2D eigenvalue weighted by molar-refractivity contribution is 5.97. The summed E-state index contributed by atoms with van der Waals surface area (Å²) < 4.78 is 19.4. The summed E-state index contributed by atoms with van der Waals surface area (Å²) in [5.74, 6) is -1.10. The van der Waals surface area contributed by atoms with Crippen LogP contribution in [0.3, 0.4) is 0 Å². The fourth-order valence-electron chi connectivity index (χ4n) is 1.85. The summed E-state index contributed by atoms with van der Waals surface area (Å²) in [5.41, 5.74) is 0.551. The lowest BCUT2D eigenvalue weighted by molar-refractivity contribution is -0.114. The van der Waals surface area contributed by atoms with Crippen LogP contribution in [0.5, 0.6) is 11.5 Å². The molecule has 0 aliphatic heterocycles. The molecule has 2 aromatic rings. The molecule has 0 saturated heterocycles. The van der Waals surface area contributed by atoms with Gasteiger partial charge in [0.2, 0.25) is 5.91 Å². The Morgan fingerprint density at radius 1 is 1.05 bits per heavy atom. The van der Waals surface area contributed by atoms with Crippen molar-refractivity contribution in [2.75, 3.05) is 5.32 Å². The number of rotatable bonds is 4. The quantitative estimate of drug-likeness (QED) is 0.871. The van der Waals surface area contributed by atoms with E-state index in [2.05, 4.69) is 5.32 Å². The Morgan fingerprint density at radius 3 is 2.43 bits per heavy atom.